The number of imidazole rings is 1. The van der Waals surface area contributed by atoms with Gasteiger partial charge in [0, 0.05) is 24.4 Å². The fraction of sp³-hybridized carbons (Fsp3) is 0.562. The van der Waals surface area contributed by atoms with Crippen molar-refractivity contribution in [3.05, 3.63) is 31.9 Å². The molecule has 2 aromatic heterocycles. The number of aromatic nitrogens is 4. The first-order chi connectivity index (χ1) is 11.5. The van der Waals surface area contributed by atoms with E-state index in [1.54, 1.807) is 25.7 Å². The van der Waals surface area contributed by atoms with Gasteiger partial charge in [-0.3, -0.25) is 14.3 Å². The van der Waals surface area contributed by atoms with E-state index in [9.17, 15) is 9.59 Å². The number of rotatable bonds is 8. The summed E-state index contributed by atoms with van der Waals surface area (Å²) in [5.41, 5.74) is -0.0671. The van der Waals surface area contributed by atoms with Crippen molar-refractivity contribution in [2.24, 2.45) is 7.05 Å². The summed E-state index contributed by atoms with van der Waals surface area (Å²) in [5, 5.41) is 1.39. The van der Waals surface area contributed by atoms with E-state index in [-0.39, 0.29) is 0 Å². The van der Waals surface area contributed by atoms with Gasteiger partial charge in [0.1, 0.15) is 0 Å². The second kappa shape index (κ2) is 8.58. The van der Waals surface area contributed by atoms with Gasteiger partial charge < -0.3 is 4.57 Å². The second-order valence-electron chi connectivity index (χ2n) is 5.70. The van der Waals surface area contributed by atoms with Crippen LogP contribution in [0, 0.1) is 0 Å². The summed E-state index contributed by atoms with van der Waals surface area (Å²) in [6, 6.07) is 0. The molecule has 0 aliphatic heterocycles. The molecule has 0 bridgehead atoms. The van der Waals surface area contributed by atoms with E-state index in [0.717, 1.165) is 17.3 Å². The first-order valence-corrected chi connectivity index (χ1v) is 9.46. The minimum absolute atomic E-state index is 0.403. The minimum Gasteiger partial charge on any atom is -0.309 e. The van der Waals surface area contributed by atoms with Crippen molar-refractivity contribution >= 4 is 34.5 Å². The van der Waals surface area contributed by atoms with Crippen molar-refractivity contribution in [3.8, 4) is 0 Å². The van der Waals surface area contributed by atoms with Gasteiger partial charge in [0.2, 0.25) is 0 Å². The zero-order valence-corrected chi connectivity index (χ0v) is 15.8. The van der Waals surface area contributed by atoms with Crippen LogP contribution in [0.2, 0.25) is 0 Å². The maximum Gasteiger partial charge on any atom is 0.329 e. The van der Waals surface area contributed by atoms with Crippen LogP contribution in [-0.2, 0) is 13.6 Å². The molecule has 2 aromatic rings. The van der Waals surface area contributed by atoms with Gasteiger partial charge in [-0.05, 0) is 13.3 Å². The van der Waals surface area contributed by atoms with Crippen molar-refractivity contribution in [1.82, 2.24) is 19.1 Å². The van der Waals surface area contributed by atoms with Crippen molar-refractivity contribution < 1.29 is 0 Å². The molecule has 0 aromatic carbocycles. The van der Waals surface area contributed by atoms with E-state index in [2.05, 4.69) is 16.9 Å². The predicted molar refractivity (Wildman–Crippen MR) is 100 cm³/mol. The van der Waals surface area contributed by atoms with Crippen molar-refractivity contribution in [1.29, 1.82) is 0 Å². The molecule has 0 amide bonds. The van der Waals surface area contributed by atoms with E-state index < -0.39 is 11.2 Å². The summed E-state index contributed by atoms with van der Waals surface area (Å²) >= 11 is 7.54. The summed E-state index contributed by atoms with van der Waals surface area (Å²) in [6.45, 7) is 4.42. The molecule has 0 saturated heterocycles. The number of allylic oxidation sites excluding steroid dienone is 2. The number of fused-ring (bicyclic) bond motifs is 1. The molecular weight excluding hydrogens is 348 g/mol. The highest BCUT2D eigenvalue weighted by atomic mass is 35.5. The molecule has 0 aliphatic rings. The van der Waals surface area contributed by atoms with E-state index >= 15 is 0 Å². The van der Waals surface area contributed by atoms with Gasteiger partial charge in [0.25, 0.3) is 5.56 Å². The standard InChI is InChI=1S/C16H23ClN4O2S/c1-4-5-6-7-10-24-16-18-13-12(21(16)9-8-11(2)17)14(22)19-15(23)20(13)3/h8H,4-7,9-10H2,1-3H3,(H,19,22,23). The lowest BCUT2D eigenvalue weighted by molar-refractivity contribution is 0.702. The Morgan fingerprint density at radius 1 is 1.33 bits per heavy atom. The molecule has 0 spiro atoms. The topological polar surface area (TPSA) is 72.7 Å². The lowest BCUT2D eigenvalue weighted by Crippen LogP contribution is -2.29. The Bertz CT molecular complexity index is 846. The minimum atomic E-state index is -0.458. The van der Waals surface area contributed by atoms with Crippen LogP contribution in [0.3, 0.4) is 0 Å². The predicted octanol–water partition coefficient (Wildman–Crippen LogP) is 3.24. The van der Waals surface area contributed by atoms with Gasteiger partial charge in [-0.1, -0.05) is 55.6 Å². The normalized spacial score (nSPS) is 12.2. The molecule has 0 saturated carbocycles. The number of nitrogens with one attached hydrogen (secondary N) is 1. The zero-order valence-electron chi connectivity index (χ0n) is 14.3. The highest BCUT2D eigenvalue weighted by molar-refractivity contribution is 7.99. The average Bonchev–Trinajstić information content (AvgIpc) is 2.89. The van der Waals surface area contributed by atoms with Gasteiger partial charge >= 0.3 is 5.69 Å². The lowest BCUT2D eigenvalue weighted by Gasteiger charge is -2.06. The molecule has 0 radical (unpaired) electrons. The van der Waals surface area contributed by atoms with Gasteiger partial charge in [-0.15, -0.1) is 0 Å². The van der Waals surface area contributed by atoms with E-state index in [1.165, 1.54) is 23.8 Å². The van der Waals surface area contributed by atoms with Crippen LogP contribution in [-0.4, -0.2) is 24.9 Å². The largest absolute Gasteiger partial charge is 0.329 e. The SMILES string of the molecule is CCCCCCSc1nc2c(c(=O)[nH]c(=O)n2C)n1CC=C(C)Cl. The van der Waals surface area contributed by atoms with Gasteiger partial charge in [-0.2, -0.15) is 0 Å². The molecule has 6 nitrogen and oxygen atoms in total. The number of unbranched alkanes of at least 4 members (excludes halogenated alkanes) is 3. The van der Waals surface area contributed by atoms with Gasteiger partial charge in [0.15, 0.2) is 16.3 Å². The van der Waals surface area contributed by atoms with Crippen LogP contribution in [0.15, 0.2) is 25.9 Å². The number of hydrogen-bond acceptors (Lipinski definition) is 4. The van der Waals surface area contributed by atoms with Crippen molar-refractivity contribution in [2.75, 3.05) is 5.75 Å². The third-order valence-electron chi connectivity index (χ3n) is 3.76. The maximum atomic E-state index is 12.3. The Hall–Kier alpha value is -1.47. The average molecular weight is 371 g/mol. The number of halogens is 1. The number of aromatic amines is 1. The lowest BCUT2D eigenvalue weighted by atomic mass is 10.2. The first kappa shape index (κ1) is 18.9. The van der Waals surface area contributed by atoms with Crippen molar-refractivity contribution in [3.63, 3.8) is 0 Å². The quantitative estimate of drug-likeness (QED) is 0.572. The van der Waals surface area contributed by atoms with Gasteiger partial charge in [-0.25, -0.2) is 9.78 Å². The molecule has 1 N–H and O–H groups in total. The Kier molecular flexibility index (Phi) is 6.74. The summed E-state index contributed by atoms with van der Waals surface area (Å²) < 4.78 is 3.19. The molecular formula is C16H23ClN4O2S. The number of nitrogens with zero attached hydrogens (tertiary/aromatic N) is 3. The molecule has 0 fully saturated rings. The summed E-state index contributed by atoms with van der Waals surface area (Å²) in [7, 11) is 1.61. The molecule has 2 rings (SSSR count). The Morgan fingerprint density at radius 3 is 2.75 bits per heavy atom. The third-order valence-corrected chi connectivity index (χ3v) is 4.97. The summed E-state index contributed by atoms with van der Waals surface area (Å²) in [5.74, 6) is 0.929. The van der Waals surface area contributed by atoms with Crippen LogP contribution >= 0.6 is 23.4 Å². The molecule has 0 aliphatic carbocycles. The van der Waals surface area contributed by atoms with E-state index in [0.29, 0.717) is 22.7 Å². The van der Waals surface area contributed by atoms with Crippen LogP contribution < -0.4 is 11.2 Å². The molecule has 8 heteroatoms. The second-order valence-corrected chi connectivity index (χ2v) is 7.35. The Labute approximate surface area is 149 Å². The summed E-state index contributed by atoms with van der Waals surface area (Å²) in [4.78, 5) is 30.9. The number of thioether (sulfide) groups is 1. The zero-order chi connectivity index (χ0) is 17.7. The van der Waals surface area contributed by atoms with Gasteiger partial charge in [0.05, 0.1) is 0 Å². The fourth-order valence-corrected chi connectivity index (χ4v) is 3.48. The number of aryl methyl sites for hydroxylation is 1. The maximum absolute atomic E-state index is 12.3. The number of hydrogen-bond donors (Lipinski definition) is 1. The molecule has 132 valence electrons. The molecule has 0 atom stereocenters. The fourth-order valence-electron chi connectivity index (χ4n) is 2.40. The molecule has 2 heterocycles. The Balaban J connectivity index is 2.41. The van der Waals surface area contributed by atoms with Crippen LogP contribution in [0.4, 0.5) is 0 Å². The molecule has 0 unspecified atom stereocenters. The molecule has 24 heavy (non-hydrogen) atoms. The summed E-state index contributed by atoms with van der Waals surface area (Å²) in [6.07, 6.45) is 6.53. The van der Waals surface area contributed by atoms with Crippen LogP contribution in [0.1, 0.15) is 39.5 Å². The highest BCUT2D eigenvalue weighted by Crippen LogP contribution is 2.23. The van der Waals surface area contributed by atoms with E-state index in [1.807, 2.05) is 10.6 Å². The van der Waals surface area contributed by atoms with E-state index in [4.69, 9.17) is 11.6 Å². The highest BCUT2D eigenvalue weighted by Gasteiger charge is 2.16. The van der Waals surface area contributed by atoms with Crippen LogP contribution in [0.25, 0.3) is 11.2 Å². The third kappa shape index (κ3) is 4.33. The monoisotopic (exact) mass is 370 g/mol. The first-order valence-electron chi connectivity index (χ1n) is 8.10. The Morgan fingerprint density at radius 2 is 2.08 bits per heavy atom. The van der Waals surface area contributed by atoms with Crippen LogP contribution in [0.5, 0.6) is 0 Å². The number of H-pyrrole nitrogens is 1. The van der Waals surface area contributed by atoms with Crippen molar-refractivity contribution in [2.45, 2.75) is 51.2 Å². The smallest absolute Gasteiger partial charge is 0.309 e.